The second-order valence-corrected chi connectivity index (χ2v) is 5.64. The molecule has 0 spiro atoms. The van der Waals surface area contributed by atoms with Crippen LogP contribution in [0.15, 0.2) is 24.3 Å². The smallest absolute Gasteiger partial charge is 0.124 e. The molecule has 1 N–H and O–H groups in total. The molecular weight excluding hydrogens is 230 g/mol. The lowest BCUT2D eigenvalue weighted by Crippen LogP contribution is -2.26. The second-order valence-electron chi connectivity index (χ2n) is 4.29. The summed E-state index contributed by atoms with van der Waals surface area (Å²) in [5, 5.41) is 4.14. The van der Waals surface area contributed by atoms with E-state index in [0.717, 1.165) is 12.4 Å². The van der Waals surface area contributed by atoms with E-state index < -0.39 is 0 Å². The summed E-state index contributed by atoms with van der Waals surface area (Å²) in [6, 6.07) is 8.81. The van der Waals surface area contributed by atoms with Gasteiger partial charge in [0.15, 0.2) is 0 Å². The van der Waals surface area contributed by atoms with Crippen molar-refractivity contribution in [2.24, 2.45) is 0 Å². The third-order valence-electron chi connectivity index (χ3n) is 3.20. The topological polar surface area (TPSA) is 21.3 Å². The maximum atomic E-state index is 5.73. The average molecular weight is 251 g/mol. The van der Waals surface area contributed by atoms with Crippen molar-refractivity contribution in [1.82, 2.24) is 5.32 Å². The highest BCUT2D eigenvalue weighted by Gasteiger charge is 2.27. The highest BCUT2D eigenvalue weighted by Crippen LogP contribution is 2.38. The Labute approximate surface area is 108 Å². The number of ether oxygens (including phenoxy) is 1. The Morgan fingerprint density at radius 2 is 2.29 bits per heavy atom. The minimum atomic E-state index is 0.408. The quantitative estimate of drug-likeness (QED) is 0.868. The van der Waals surface area contributed by atoms with E-state index in [-0.39, 0.29) is 0 Å². The lowest BCUT2D eigenvalue weighted by molar-refractivity contribution is 0.331. The van der Waals surface area contributed by atoms with Crippen molar-refractivity contribution in [3.63, 3.8) is 0 Å². The van der Waals surface area contributed by atoms with Crippen molar-refractivity contribution in [2.45, 2.75) is 31.1 Å². The van der Waals surface area contributed by atoms with Gasteiger partial charge in [-0.05, 0) is 38.6 Å². The Morgan fingerprint density at radius 3 is 2.94 bits per heavy atom. The first-order valence-corrected chi connectivity index (χ1v) is 7.42. The van der Waals surface area contributed by atoms with E-state index in [9.17, 15) is 0 Å². The molecule has 1 aliphatic heterocycles. The summed E-state index contributed by atoms with van der Waals surface area (Å²) in [7, 11) is 2.05. The van der Waals surface area contributed by atoms with E-state index in [0.29, 0.717) is 11.3 Å². The SMILES string of the molecule is CCOc1ccccc1C(NC)C1CCCS1. The molecule has 1 heterocycles. The van der Waals surface area contributed by atoms with Crippen LogP contribution in [-0.4, -0.2) is 24.7 Å². The van der Waals surface area contributed by atoms with E-state index in [1.165, 1.54) is 24.2 Å². The molecule has 2 rings (SSSR count). The summed E-state index contributed by atoms with van der Waals surface area (Å²) in [6.45, 7) is 2.76. The Bertz CT molecular complexity index is 350. The molecule has 94 valence electrons. The number of benzene rings is 1. The highest BCUT2D eigenvalue weighted by molar-refractivity contribution is 8.00. The number of para-hydroxylation sites is 1. The number of hydrogen-bond acceptors (Lipinski definition) is 3. The molecule has 2 unspecified atom stereocenters. The zero-order chi connectivity index (χ0) is 12.1. The van der Waals surface area contributed by atoms with Gasteiger partial charge in [-0.3, -0.25) is 0 Å². The molecule has 1 aromatic rings. The monoisotopic (exact) mass is 251 g/mol. The van der Waals surface area contributed by atoms with E-state index in [1.54, 1.807) is 0 Å². The zero-order valence-corrected chi connectivity index (χ0v) is 11.4. The van der Waals surface area contributed by atoms with E-state index in [4.69, 9.17) is 4.74 Å². The van der Waals surface area contributed by atoms with Crippen molar-refractivity contribution in [3.05, 3.63) is 29.8 Å². The van der Waals surface area contributed by atoms with Crippen LogP contribution in [-0.2, 0) is 0 Å². The van der Waals surface area contributed by atoms with Crippen LogP contribution in [0, 0.1) is 0 Å². The number of nitrogens with one attached hydrogen (secondary N) is 1. The van der Waals surface area contributed by atoms with Crippen LogP contribution < -0.4 is 10.1 Å². The summed E-state index contributed by atoms with van der Waals surface area (Å²) in [6.07, 6.45) is 2.64. The van der Waals surface area contributed by atoms with Gasteiger partial charge in [-0.1, -0.05) is 18.2 Å². The number of hydrogen-bond donors (Lipinski definition) is 1. The van der Waals surface area contributed by atoms with Gasteiger partial charge in [0.2, 0.25) is 0 Å². The zero-order valence-electron chi connectivity index (χ0n) is 10.6. The lowest BCUT2D eigenvalue weighted by atomic mass is 10.00. The predicted octanol–water partition coefficient (Wildman–Crippen LogP) is 3.24. The van der Waals surface area contributed by atoms with Crippen molar-refractivity contribution >= 4 is 11.8 Å². The highest BCUT2D eigenvalue weighted by atomic mass is 32.2. The number of rotatable bonds is 5. The summed E-state index contributed by atoms with van der Waals surface area (Å²) in [4.78, 5) is 0. The Morgan fingerprint density at radius 1 is 1.47 bits per heavy atom. The molecule has 0 radical (unpaired) electrons. The Kier molecular flexibility index (Phi) is 4.75. The molecule has 1 aromatic carbocycles. The normalized spacial score (nSPS) is 21.4. The molecule has 1 aliphatic rings. The van der Waals surface area contributed by atoms with Crippen LogP contribution in [0.2, 0.25) is 0 Å². The standard InChI is InChI=1S/C14H21NOS/c1-3-16-12-8-5-4-7-11(12)14(15-2)13-9-6-10-17-13/h4-5,7-8,13-15H,3,6,9-10H2,1-2H3. The van der Waals surface area contributed by atoms with Crippen LogP contribution in [0.4, 0.5) is 0 Å². The third-order valence-corrected chi connectivity index (χ3v) is 4.66. The minimum Gasteiger partial charge on any atom is -0.494 e. The molecule has 0 amide bonds. The molecule has 1 fully saturated rings. The van der Waals surface area contributed by atoms with Crippen LogP contribution in [0.25, 0.3) is 0 Å². The maximum Gasteiger partial charge on any atom is 0.124 e. The van der Waals surface area contributed by atoms with Crippen LogP contribution in [0.5, 0.6) is 5.75 Å². The molecule has 0 aliphatic carbocycles. The van der Waals surface area contributed by atoms with Crippen LogP contribution in [0.3, 0.4) is 0 Å². The molecule has 17 heavy (non-hydrogen) atoms. The van der Waals surface area contributed by atoms with E-state index in [2.05, 4.69) is 35.3 Å². The molecule has 2 atom stereocenters. The van der Waals surface area contributed by atoms with Gasteiger partial charge in [0.1, 0.15) is 5.75 Å². The summed E-state index contributed by atoms with van der Waals surface area (Å²) in [5.41, 5.74) is 1.30. The van der Waals surface area contributed by atoms with Crippen molar-refractivity contribution < 1.29 is 4.74 Å². The lowest BCUT2D eigenvalue weighted by Gasteiger charge is -2.24. The van der Waals surface area contributed by atoms with Crippen LogP contribution in [0.1, 0.15) is 31.4 Å². The third kappa shape index (κ3) is 2.96. The molecule has 1 saturated heterocycles. The fraction of sp³-hybridized carbons (Fsp3) is 0.571. The molecule has 0 bridgehead atoms. The Hall–Kier alpha value is -0.670. The fourth-order valence-electron chi connectivity index (χ4n) is 2.43. The van der Waals surface area contributed by atoms with Gasteiger partial charge in [-0.25, -0.2) is 0 Å². The van der Waals surface area contributed by atoms with Gasteiger partial charge >= 0.3 is 0 Å². The van der Waals surface area contributed by atoms with Gasteiger partial charge in [0.05, 0.1) is 6.61 Å². The summed E-state index contributed by atoms with van der Waals surface area (Å²) >= 11 is 2.08. The van der Waals surface area contributed by atoms with Gasteiger partial charge < -0.3 is 10.1 Å². The first kappa shape index (κ1) is 12.8. The van der Waals surface area contributed by atoms with E-state index >= 15 is 0 Å². The van der Waals surface area contributed by atoms with Crippen molar-refractivity contribution in [2.75, 3.05) is 19.4 Å². The van der Waals surface area contributed by atoms with Gasteiger partial charge in [0, 0.05) is 16.9 Å². The maximum absolute atomic E-state index is 5.73. The second kappa shape index (κ2) is 6.31. The average Bonchev–Trinajstić information content (AvgIpc) is 2.86. The largest absolute Gasteiger partial charge is 0.494 e. The number of thioether (sulfide) groups is 1. The molecule has 0 aromatic heterocycles. The first-order valence-electron chi connectivity index (χ1n) is 6.37. The molecule has 2 nitrogen and oxygen atoms in total. The molecule has 0 saturated carbocycles. The van der Waals surface area contributed by atoms with E-state index in [1.807, 2.05) is 20.0 Å². The van der Waals surface area contributed by atoms with Crippen molar-refractivity contribution in [1.29, 1.82) is 0 Å². The van der Waals surface area contributed by atoms with Crippen LogP contribution >= 0.6 is 11.8 Å². The summed E-state index contributed by atoms with van der Waals surface area (Å²) < 4.78 is 5.73. The van der Waals surface area contributed by atoms with Gasteiger partial charge in [-0.2, -0.15) is 11.8 Å². The predicted molar refractivity (Wildman–Crippen MR) is 74.9 cm³/mol. The van der Waals surface area contributed by atoms with Gasteiger partial charge in [0.25, 0.3) is 0 Å². The fourth-order valence-corrected chi connectivity index (χ4v) is 3.88. The Balaban J connectivity index is 2.22. The minimum absolute atomic E-state index is 0.408. The molecular formula is C14H21NOS. The first-order chi connectivity index (χ1) is 8.36. The summed E-state index contributed by atoms with van der Waals surface area (Å²) in [5.74, 6) is 2.32. The van der Waals surface area contributed by atoms with Gasteiger partial charge in [-0.15, -0.1) is 0 Å². The van der Waals surface area contributed by atoms with Crippen molar-refractivity contribution in [3.8, 4) is 5.75 Å². The molecule has 3 heteroatoms.